The van der Waals surface area contributed by atoms with Gasteiger partial charge >= 0.3 is 5.97 Å². The summed E-state index contributed by atoms with van der Waals surface area (Å²) in [6.07, 6.45) is 4.93. The molecule has 2 atom stereocenters. The molecule has 1 fully saturated rings. The Morgan fingerprint density at radius 1 is 1.30 bits per heavy atom. The second-order valence-corrected chi connectivity index (χ2v) is 10.7. The Bertz CT molecular complexity index is 1220. The Morgan fingerprint density at radius 3 is 2.78 bits per heavy atom. The molecular formula is C27H29N3O5S2. The van der Waals surface area contributed by atoms with Crippen LogP contribution in [0.25, 0.3) is 0 Å². The van der Waals surface area contributed by atoms with E-state index in [9.17, 15) is 14.4 Å². The van der Waals surface area contributed by atoms with Gasteiger partial charge in [0.05, 0.1) is 24.8 Å². The maximum Gasteiger partial charge on any atom is 0.307 e. The number of β-lactam (4-membered cyclic amide) rings is 1. The lowest BCUT2D eigenvalue weighted by Crippen LogP contribution is -2.62. The van der Waals surface area contributed by atoms with Crippen LogP contribution in [0.1, 0.15) is 17.5 Å². The molecule has 8 nitrogen and oxygen atoms in total. The highest BCUT2D eigenvalue weighted by Gasteiger charge is 2.53. The minimum atomic E-state index is -0.511. The van der Waals surface area contributed by atoms with Crippen molar-refractivity contribution >= 4 is 41.3 Å². The van der Waals surface area contributed by atoms with Gasteiger partial charge < -0.3 is 14.8 Å². The van der Waals surface area contributed by atoms with E-state index in [1.54, 1.807) is 47.9 Å². The van der Waals surface area contributed by atoms with E-state index >= 15 is 0 Å². The number of ether oxygens (including phenoxy) is 2. The molecule has 2 aromatic rings. The Balaban J connectivity index is 1.52. The number of rotatable bonds is 11. The molecule has 10 heteroatoms. The molecule has 1 aromatic carbocycles. The summed E-state index contributed by atoms with van der Waals surface area (Å²) in [7, 11) is 1.61. The number of pyridine rings is 1. The van der Waals surface area contributed by atoms with Crippen LogP contribution < -0.4 is 10.1 Å². The van der Waals surface area contributed by atoms with Gasteiger partial charge in [0.1, 0.15) is 18.1 Å². The van der Waals surface area contributed by atoms with E-state index in [2.05, 4.69) is 16.9 Å². The van der Waals surface area contributed by atoms with Crippen LogP contribution in [-0.4, -0.2) is 58.3 Å². The van der Waals surface area contributed by atoms with E-state index in [0.29, 0.717) is 23.7 Å². The molecule has 0 saturated carbocycles. The SMILES string of the molecule is C=CCOC(=O)C[C@@H]1C(=O)N2C(C(=O)NCc3ccc(OC)cc3C)=C(CSc3ccncc3)CS[C@H]12. The highest BCUT2D eigenvalue weighted by atomic mass is 32.2. The van der Waals surface area contributed by atoms with Gasteiger partial charge in [-0.15, -0.1) is 23.5 Å². The van der Waals surface area contributed by atoms with E-state index in [0.717, 1.165) is 27.3 Å². The number of methoxy groups -OCH3 is 1. The predicted molar refractivity (Wildman–Crippen MR) is 144 cm³/mol. The van der Waals surface area contributed by atoms with Crippen LogP contribution in [0.3, 0.4) is 0 Å². The average molecular weight is 540 g/mol. The molecule has 194 valence electrons. The number of amides is 2. The van der Waals surface area contributed by atoms with Gasteiger partial charge in [-0.1, -0.05) is 18.7 Å². The van der Waals surface area contributed by atoms with Crippen molar-refractivity contribution in [3.05, 3.63) is 77.8 Å². The molecule has 0 spiro atoms. The Labute approximate surface area is 224 Å². The third kappa shape index (κ3) is 6.19. The third-order valence-electron chi connectivity index (χ3n) is 6.17. The number of thioether (sulfide) groups is 2. The van der Waals surface area contributed by atoms with Crippen molar-refractivity contribution in [2.45, 2.75) is 30.2 Å². The minimum absolute atomic E-state index is 0.0120. The second-order valence-electron chi connectivity index (χ2n) is 8.59. The van der Waals surface area contributed by atoms with Crippen molar-refractivity contribution < 1.29 is 23.9 Å². The van der Waals surface area contributed by atoms with Gasteiger partial charge in [0, 0.05) is 35.3 Å². The fraction of sp³-hybridized carbons (Fsp3) is 0.333. The summed E-state index contributed by atoms with van der Waals surface area (Å²) in [4.78, 5) is 45.5. The highest BCUT2D eigenvalue weighted by Crippen LogP contribution is 2.46. The van der Waals surface area contributed by atoms with E-state index in [1.165, 1.54) is 6.08 Å². The zero-order chi connectivity index (χ0) is 26.4. The molecule has 3 heterocycles. The summed E-state index contributed by atoms with van der Waals surface area (Å²) < 4.78 is 10.3. The molecule has 4 rings (SSSR count). The Kier molecular flexibility index (Phi) is 8.94. The zero-order valence-electron chi connectivity index (χ0n) is 20.8. The maximum atomic E-state index is 13.5. The number of fused-ring (bicyclic) bond motifs is 1. The summed E-state index contributed by atoms with van der Waals surface area (Å²) in [5.74, 6) is 0.420. The van der Waals surface area contributed by atoms with Crippen molar-refractivity contribution in [3.8, 4) is 5.75 Å². The predicted octanol–water partition coefficient (Wildman–Crippen LogP) is 3.71. The number of aryl methyl sites for hydroxylation is 1. The molecule has 0 unspecified atom stereocenters. The monoisotopic (exact) mass is 539 g/mol. The van der Waals surface area contributed by atoms with Crippen molar-refractivity contribution in [1.82, 2.24) is 15.2 Å². The number of hydrogen-bond acceptors (Lipinski definition) is 8. The first kappa shape index (κ1) is 26.8. The van der Waals surface area contributed by atoms with E-state index in [1.807, 2.05) is 37.3 Å². The van der Waals surface area contributed by atoms with Crippen LogP contribution in [0.2, 0.25) is 0 Å². The van der Waals surface area contributed by atoms with Gasteiger partial charge in [0.2, 0.25) is 5.91 Å². The average Bonchev–Trinajstić information content (AvgIpc) is 2.92. The summed E-state index contributed by atoms with van der Waals surface area (Å²) in [6, 6.07) is 9.51. The van der Waals surface area contributed by atoms with Gasteiger partial charge in [-0.25, -0.2) is 0 Å². The number of carbonyl (C=O) groups excluding carboxylic acids is 3. The first-order valence-electron chi connectivity index (χ1n) is 11.8. The zero-order valence-corrected chi connectivity index (χ0v) is 22.4. The van der Waals surface area contributed by atoms with Gasteiger partial charge in [-0.05, 0) is 47.9 Å². The minimum Gasteiger partial charge on any atom is -0.497 e. The van der Waals surface area contributed by atoms with Gasteiger partial charge in [0.15, 0.2) is 0 Å². The van der Waals surface area contributed by atoms with E-state index in [4.69, 9.17) is 9.47 Å². The number of esters is 1. The van der Waals surface area contributed by atoms with Crippen LogP contribution in [0.5, 0.6) is 5.75 Å². The highest BCUT2D eigenvalue weighted by molar-refractivity contribution is 8.01. The van der Waals surface area contributed by atoms with E-state index in [-0.39, 0.29) is 30.2 Å². The number of nitrogens with one attached hydrogen (secondary N) is 1. The number of benzene rings is 1. The largest absolute Gasteiger partial charge is 0.497 e. The number of aromatic nitrogens is 1. The second kappa shape index (κ2) is 12.3. The fourth-order valence-corrected chi connectivity index (χ4v) is 6.63. The number of nitrogens with zero attached hydrogens (tertiary/aromatic N) is 2. The van der Waals surface area contributed by atoms with Crippen LogP contribution in [-0.2, 0) is 25.7 Å². The normalized spacial score (nSPS) is 18.5. The van der Waals surface area contributed by atoms with Crippen LogP contribution in [0, 0.1) is 12.8 Å². The van der Waals surface area contributed by atoms with Crippen LogP contribution >= 0.6 is 23.5 Å². The van der Waals surface area contributed by atoms with Gasteiger partial charge in [0.25, 0.3) is 5.91 Å². The molecule has 0 radical (unpaired) electrons. The third-order valence-corrected chi connectivity index (χ3v) is 8.67. The molecule has 37 heavy (non-hydrogen) atoms. The molecular weight excluding hydrogens is 510 g/mol. The lowest BCUT2D eigenvalue weighted by atomic mass is 9.92. The Morgan fingerprint density at radius 2 is 2.08 bits per heavy atom. The van der Waals surface area contributed by atoms with Crippen molar-refractivity contribution in [2.24, 2.45) is 5.92 Å². The maximum absolute atomic E-state index is 13.5. The lowest BCUT2D eigenvalue weighted by Gasteiger charge is -2.50. The summed E-state index contributed by atoms with van der Waals surface area (Å²) >= 11 is 3.17. The number of hydrogen-bond donors (Lipinski definition) is 1. The number of carbonyl (C=O) groups is 3. The first-order chi connectivity index (χ1) is 17.9. The lowest BCUT2D eigenvalue weighted by molar-refractivity contribution is -0.156. The standard InChI is InChI=1S/C27H29N3O5S2/c1-4-11-35-23(31)13-22-26(33)30-24(25(32)29-14-18-5-6-20(34-3)12-17(18)2)19(16-37-27(22)30)15-36-21-7-9-28-10-8-21/h4-10,12,22,27H,1,11,13-16H2,2-3H3,(H,29,32)/t22-,27-/m1/s1. The summed E-state index contributed by atoms with van der Waals surface area (Å²) in [5.41, 5.74) is 3.23. The molecule has 0 aliphatic carbocycles. The van der Waals surface area contributed by atoms with Crippen molar-refractivity contribution in [2.75, 3.05) is 25.2 Å². The van der Waals surface area contributed by atoms with Gasteiger partial charge in [-0.3, -0.25) is 24.3 Å². The topological polar surface area (TPSA) is 97.8 Å². The van der Waals surface area contributed by atoms with E-state index < -0.39 is 11.9 Å². The summed E-state index contributed by atoms with van der Waals surface area (Å²) in [6.45, 7) is 5.93. The summed E-state index contributed by atoms with van der Waals surface area (Å²) in [5, 5.41) is 2.73. The molecule has 1 saturated heterocycles. The van der Waals surface area contributed by atoms with Crippen LogP contribution in [0.4, 0.5) is 0 Å². The van der Waals surface area contributed by atoms with Crippen molar-refractivity contribution in [3.63, 3.8) is 0 Å². The quantitative estimate of drug-likeness (QED) is 0.200. The molecule has 0 bridgehead atoms. The van der Waals surface area contributed by atoms with Crippen LogP contribution in [0.15, 0.2) is 71.5 Å². The molecule has 2 aliphatic rings. The first-order valence-corrected chi connectivity index (χ1v) is 13.8. The molecule has 2 aliphatic heterocycles. The fourth-order valence-electron chi connectivity index (χ4n) is 4.19. The van der Waals surface area contributed by atoms with Gasteiger partial charge in [-0.2, -0.15) is 0 Å². The van der Waals surface area contributed by atoms with Crippen molar-refractivity contribution in [1.29, 1.82) is 0 Å². The smallest absolute Gasteiger partial charge is 0.307 e. The Hall–Kier alpha value is -3.24. The molecule has 2 amide bonds. The molecule has 1 aromatic heterocycles. The molecule has 1 N–H and O–H groups in total.